The zero-order valence-corrected chi connectivity index (χ0v) is 14.0. The minimum Gasteiger partial charge on any atom is -0.497 e. The Balaban J connectivity index is 2.58. The van der Waals surface area contributed by atoms with E-state index in [4.69, 9.17) is 9.47 Å². The van der Waals surface area contributed by atoms with E-state index >= 15 is 0 Å². The predicted molar refractivity (Wildman–Crippen MR) is 90.3 cm³/mol. The van der Waals surface area contributed by atoms with Gasteiger partial charge < -0.3 is 14.8 Å². The van der Waals surface area contributed by atoms with Gasteiger partial charge in [-0.2, -0.15) is 0 Å². The van der Waals surface area contributed by atoms with E-state index < -0.39 is 0 Å². The third-order valence-electron chi connectivity index (χ3n) is 3.43. The van der Waals surface area contributed by atoms with E-state index in [1.165, 1.54) is 12.8 Å². The molecule has 22 heavy (non-hydrogen) atoms. The van der Waals surface area contributed by atoms with Crippen molar-refractivity contribution >= 4 is 12.0 Å². The van der Waals surface area contributed by atoms with Crippen molar-refractivity contribution in [3.63, 3.8) is 0 Å². The number of benzene rings is 1. The number of hydrogen-bond donors (Lipinski definition) is 1. The molecular formula is C18H27NO3. The first-order valence-electron chi connectivity index (χ1n) is 7.80. The summed E-state index contributed by atoms with van der Waals surface area (Å²) in [5, 5.41) is 2.98. The highest BCUT2D eigenvalue weighted by atomic mass is 16.5. The summed E-state index contributed by atoms with van der Waals surface area (Å²) in [6.45, 7) is 4.21. The normalized spacial score (nSPS) is 12.2. The predicted octanol–water partition coefficient (Wildman–Crippen LogP) is 3.80. The summed E-state index contributed by atoms with van der Waals surface area (Å²) in [5.41, 5.74) is 0.866. The van der Waals surface area contributed by atoms with Crippen molar-refractivity contribution in [3.8, 4) is 11.5 Å². The van der Waals surface area contributed by atoms with Crippen molar-refractivity contribution in [2.24, 2.45) is 0 Å². The van der Waals surface area contributed by atoms with Crippen LogP contribution >= 0.6 is 0 Å². The molecule has 0 aromatic heterocycles. The Labute approximate surface area is 133 Å². The molecule has 0 saturated heterocycles. The minimum absolute atomic E-state index is 0.0780. The molecule has 0 aliphatic heterocycles. The second kappa shape index (κ2) is 9.87. The van der Waals surface area contributed by atoms with Crippen LogP contribution < -0.4 is 14.8 Å². The molecule has 1 amide bonds. The summed E-state index contributed by atoms with van der Waals surface area (Å²) in [5.74, 6) is 1.32. The molecule has 1 aromatic carbocycles. The second-order valence-electron chi connectivity index (χ2n) is 5.38. The van der Waals surface area contributed by atoms with E-state index in [-0.39, 0.29) is 11.9 Å². The number of carbonyl (C=O) groups excluding carboxylic acids is 1. The van der Waals surface area contributed by atoms with Crippen molar-refractivity contribution in [1.29, 1.82) is 0 Å². The lowest BCUT2D eigenvalue weighted by atomic mass is 10.1. The molecule has 1 unspecified atom stereocenters. The summed E-state index contributed by atoms with van der Waals surface area (Å²) in [6, 6.07) is 5.71. The van der Waals surface area contributed by atoms with Crippen LogP contribution in [0.2, 0.25) is 0 Å². The van der Waals surface area contributed by atoms with Gasteiger partial charge in [0, 0.05) is 18.2 Å². The molecule has 4 nitrogen and oxygen atoms in total. The highest BCUT2D eigenvalue weighted by Gasteiger charge is 2.04. The molecule has 0 aliphatic rings. The maximum absolute atomic E-state index is 11.9. The lowest BCUT2D eigenvalue weighted by Crippen LogP contribution is -2.30. The number of ether oxygens (including phenoxy) is 2. The lowest BCUT2D eigenvalue weighted by Gasteiger charge is -2.11. The van der Waals surface area contributed by atoms with Gasteiger partial charge in [0.15, 0.2) is 0 Å². The maximum atomic E-state index is 11.9. The van der Waals surface area contributed by atoms with Crippen molar-refractivity contribution < 1.29 is 14.3 Å². The van der Waals surface area contributed by atoms with Gasteiger partial charge in [-0.25, -0.2) is 0 Å². The molecule has 1 aromatic rings. The van der Waals surface area contributed by atoms with E-state index in [1.54, 1.807) is 32.4 Å². The molecule has 4 heteroatoms. The Morgan fingerprint density at radius 3 is 2.36 bits per heavy atom. The van der Waals surface area contributed by atoms with Gasteiger partial charge in [-0.05, 0) is 37.1 Å². The van der Waals surface area contributed by atoms with Gasteiger partial charge in [0.2, 0.25) is 5.91 Å². The third-order valence-corrected chi connectivity index (χ3v) is 3.43. The van der Waals surface area contributed by atoms with E-state index in [9.17, 15) is 4.79 Å². The van der Waals surface area contributed by atoms with Gasteiger partial charge >= 0.3 is 0 Å². The molecule has 0 aliphatic carbocycles. The highest BCUT2D eigenvalue weighted by Crippen LogP contribution is 2.23. The second-order valence-corrected chi connectivity index (χ2v) is 5.38. The summed E-state index contributed by atoms with van der Waals surface area (Å²) in [6.07, 6.45) is 7.87. The summed E-state index contributed by atoms with van der Waals surface area (Å²) in [7, 11) is 3.21. The van der Waals surface area contributed by atoms with Gasteiger partial charge in [-0.15, -0.1) is 0 Å². The van der Waals surface area contributed by atoms with Crippen LogP contribution in [0, 0.1) is 0 Å². The van der Waals surface area contributed by atoms with Crippen LogP contribution in [0.15, 0.2) is 24.3 Å². The van der Waals surface area contributed by atoms with Crippen molar-refractivity contribution in [3.05, 3.63) is 29.8 Å². The fraction of sp³-hybridized carbons (Fsp3) is 0.500. The lowest BCUT2D eigenvalue weighted by molar-refractivity contribution is -0.117. The molecule has 1 atom stereocenters. The number of amides is 1. The van der Waals surface area contributed by atoms with Crippen molar-refractivity contribution in [2.75, 3.05) is 14.2 Å². The van der Waals surface area contributed by atoms with Gasteiger partial charge in [0.1, 0.15) is 11.5 Å². The number of carbonyl (C=O) groups is 1. The molecule has 0 radical (unpaired) electrons. The largest absolute Gasteiger partial charge is 0.497 e. The highest BCUT2D eigenvalue weighted by molar-refractivity contribution is 5.92. The van der Waals surface area contributed by atoms with Crippen LogP contribution in [0.4, 0.5) is 0 Å². The van der Waals surface area contributed by atoms with Gasteiger partial charge in [-0.3, -0.25) is 4.79 Å². The molecule has 0 spiro atoms. The summed E-state index contributed by atoms with van der Waals surface area (Å²) < 4.78 is 10.4. The van der Waals surface area contributed by atoms with Crippen molar-refractivity contribution in [1.82, 2.24) is 5.32 Å². The molecule has 0 bridgehead atoms. The maximum Gasteiger partial charge on any atom is 0.244 e. The quantitative estimate of drug-likeness (QED) is 0.557. The zero-order valence-electron chi connectivity index (χ0n) is 14.0. The number of methoxy groups -OCH3 is 2. The number of nitrogens with one attached hydrogen (secondary N) is 1. The van der Waals surface area contributed by atoms with E-state index in [2.05, 4.69) is 12.2 Å². The van der Waals surface area contributed by atoms with E-state index in [0.29, 0.717) is 11.5 Å². The first-order valence-corrected chi connectivity index (χ1v) is 7.80. The molecule has 0 heterocycles. The van der Waals surface area contributed by atoms with Crippen LogP contribution in [0.3, 0.4) is 0 Å². The molecule has 122 valence electrons. The first kappa shape index (κ1) is 18.1. The zero-order chi connectivity index (χ0) is 16.4. The van der Waals surface area contributed by atoms with Crippen molar-refractivity contribution in [2.45, 2.75) is 45.6 Å². The van der Waals surface area contributed by atoms with Crippen LogP contribution in [-0.4, -0.2) is 26.2 Å². The van der Waals surface area contributed by atoms with Gasteiger partial charge in [0.05, 0.1) is 14.2 Å². The summed E-state index contributed by atoms with van der Waals surface area (Å²) in [4.78, 5) is 11.9. The average Bonchev–Trinajstić information content (AvgIpc) is 2.52. The fourth-order valence-electron chi connectivity index (χ4n) is 2.16. The van der Waals surface area contributed by atoms with Gasteiger partial charge in [-0.1, -0.05) is 26.2 Å². The minimum atomic E-state index is -0.0780. The number of rotatable bonds is 9. The first-order chi connectivity index (χ1) is 10.6. The number of unbranched alkanes of at least 4 members (excludes halogenated alkanes) is 2. The Morgan fingerprint density at radius 1 is 1.18 bits per heavy atom. The summed E-state index contributed by atoms with van der Waals surface area (Å²) >= 11 is 0. The number of hydrogen-bond acceptors (Lipinski definition) is 3. The van der Waals surface area contributed by atoms with Gasteiger partial charge in [0.25, 0.3) is 0 Å². The Morgan fingerprint density at radius 2 is 1.82 bits per heavy atom. The molecular weight excluding hydrogens is 278 g/mol. The monoisotopic (exact) mass is 305 g/mol. The molecule has 0 fully saturated rings. The molecule has 1 N–H and O–H groups in total. The Bertz CT molecular complexity index is 475. The molecule has 0 saturated carbocycles. The van der Waals surface area contributed by atoms with Crippen LogP contribution in [-0.2, 0) is 4.79 Å². The third kappa shape index (κ3) is 6.66. The molecule has 1 rings (SSSR count). The average molecular weight is 305 g/mol. The Kier molecular flexibility index (Phi) is 8.11. The van der Waals surface area contributed by atoms with Crippen LogP contribution in [0.1, 0.15) is 45.1 Å². The smallest absolute Gasteiger partial charge is 0.244 e. The van der Waals surface area contributed by atoms with Crippen LogP contribution in [0.5, 0.6) is 11.5 Å². The fourth-order valence-corrected chi connectivity index (χ4v) is 2.16. The topological polar surface area (TPSA) is 47.6 Å². The Hall–Kier alpha value is -1.97. The standard InChI is InChI=1S/C18H27NO3/c1-5-6-7-8-14(2)19-18(20)10-9-15-11-16(21-3)13-17(12-15)22-4/h9-14H,5-8H2,1-4H3,(H,19,20)/b10-9+. The van der Waals surface area contributed by atoms with E-state index in [0.717, 1.165) is 18.4 Å². The van der Waals surface area contributed by atoms with Crippen LogP contribution in [0.25, 0.3) is 6.08 Å². The van der Waals surface area contributed by atoms with E-state index in [1.807, 2.05) is 19.1 Å². The SMILES string of the molecule is CCCCCC(C)NC(=O)/C=C/c1cc(OC)cc(OC)c1.